The van der Waals surface area contributed by atoms with E-state index in [4.69, 9.17) is 5.73 Å². The summed E-state index contributed by atoms with van der Waals surface area (Å²) >= 11 is 1.34. The number of carbonyl (C=O) groups is 3. The van der Waals surface area contributed by atoms with Crippen LogP contribution in [-0.2, 0) is 4.79 Å². The molecule has 1 saturated heterocycles. The predicted octanol–water partition coefficient (Wildman–Crippen LogP) is 2.34. The molecular formula is C18H19N3O3S. The predicted molar refractivity (Wildman–Crippen MR) is 96.5 cm³/mol. The highest BCUT2D eigenvalue weighted by Gasteiger charge is 2.27. The average molecular weight is 357 g/mol. The molecule has 2 aromatic rings. The number of hydrogen-bond donors (Lipinski definition) is 2. The molecule has 3 rings (SSSR count). The standard InChI is InChI=1S/C18H19N3O3S/c19-16(22)12-7-9-21(10-8-12)18(24)13-4-1-2-5-14(13)20-17(23)15-6-3-11-25-15/h1-6,11-12H,7-10H2,(H2,19,22)(H,20,23). The van der Waals surface area contributed by atoms with E-state index in [0.717, 1.165) is 0 Å². The van der Waals surface area contributed by atoms with Crippen molar-refractivity contribution in [2.75, 3.05) is 18.4 Å². The van der Waals surface area contributed by atoms with E-state index in [1.165, 1.54) is 11.3 Å². The molecule has 6 nitrogen and oxygen atoms in total. The lowest BCUT2D eigenvalue weighted by molar-refractivity contribution is -0.123. The number of primary amides is 1. The Kier molecular flexibility index (Phi) is 5.14. The number of anilines is 1. The van der Waals surface area contributed by atoms with Crippen LogP contribution in [0.15, 0.2) is 41.8 Å². The molecule has 2 heterocycles. The van der Waals surface area contributed by atoms with Gasteiger partial charge in [0.1, 0.15) is 0 Å². The van der Waals surface area contributed by atoms with E-state index in [2.05, 4.69) is 5.32 Å². The number of nitrogens with two attached hydrogens (primary N) is 1. The van der Waals surface area contributed by atoms with Gasteiger partial charge >= 0.3 is 0 Å². The second-order valence-corrected chi connectivity index (χ2v) is 6.89. The number of hydrogen-bond acceptors (Lipinski definition) is 4. The van der Waals surface area contributed by atoms with Crippen molar-refractivity contribution in [2.45, 2.75) is 12.8 Å². The zero-order valence-corrected chi connectivity index (χ0v) is 14.4. The summed E-state index contributed by atoms with van der Waals surface area (Å²) < 4.78 is 0. The Morgan fingerprint density at radius 2 is 1.80 bits per heavy atom. The van der Waals surface area contributed by atoms with Crippen LogP contribution in [0.4, 0.5) is 5.69 Å². The summed E-state index contributed by atoms with van der Waals surface area (Å²) in [5.41, 5.74) is 6.27. The molecule has 1 aromatic carbocycles. The molecule has 0 aliphatic carbocycles. The zero-order valence-electron chi connectivity index (χ0n) is 13.6. The van der Waals surface area contributed by atoms with Crippen LogP contribution in [0.5, 0.6) is 0 Å². The Morgan fingerprint density at radius 3 is 2.44 bits per heavy atom. The molecule has 0 atom stereocenters. The first kappa shape index (κ1) is 17.2. The molecule has 0 bridgehead atoms. The minimum atomic E-state index is -0.310. The molecule has 130 valence electrons. The van der Waals surface area contributed by atoms with Crippen molar-refractivity contribution in [1.29, 1.82) is 0 Å². The number of piperidine rings is 1. The van der Waals surface area contributed by atoms with Crippen molar-refractivity contribution in [2.24, 2.45) is 11.7 Å². The largest absolute Gasteiger partial charge is 0.369 e. The second-order valence-electron chi connectivity index (χ2n) is 5.95. The van der Waals surface area contributed by atoms with Gasteiger partial charge in [0.25, 0.3) is 11.8 Å². The average Bonchev–Trinajstić information content (AvgIpc) is 3.16. The molecular weight excluding hydrogens is 338 g/mol. The van der Waals surface area contributed by atoms with Gasteiger partial charge in [0.15, 0.2) is 0 Å². The van der Waals surface area contributed by atoms with Crippen LogP contribution in [0.1, 0.15) is 32.9 Å². The van der Waals surface area contributed by atoms with E-state index in [0.29, 0.717) is 42.1 Å². The van der Waals surface area contributed by atoms with Crippen molar-refractivity contribution in [3.63, 3.8) is 0 Å². The highest BCUT2D eigenvalue weighted by molar-refractivity contribution is 7.12. The number of benzene rings is 1. The molecule has 0 unspecified atom stereocenters. The summed E-state index contributed by atoms with van der Waals surface area (Å²) in [6, 6.07) is 10.5. The number of rotatable bonds is 4. The van der Waals surface area contributed by atoms with Gasteiger partial charge in [0.2, 0.25) is 5.91 Å². The number of thiophene rings is 1. The van der Waals surface area contributed by atoms with Gasteiger partial charge in [0, 0.05) is 19.0 Å². The summed E-state index contributed by atoms with van der Waals surface area (Å²) in [5, 5.41) is 4.64. The Hall–Kier alpha value is -2.67. The van der Waals surface area contributed by atoms with E-state index in [9.17, 15) is 14.4 Å². The molecule has 3 amide bonds. The van der Waals surface area contributed by atoms with Crippen molar-refractivity contribution < 1.29 is 14.4 Å². The second kappa shape index (κ2) is 7.48. The molecule has 25 heavy (non-hydrogen) atoms. The Morgan fingerprint density at radius 1 is 1.08 bits per heavy atom. The fourth-order valence-corrected chi connectivity index (χ4v) is 3.53. The lowest BCUT2D eigenvalue weighted by atomic mass is 9.95. The molecule has 1 fully saturated rings. The lowest BCUT2D eigenvalue weighted by Crippen LogP contribution is -2.42. The summed E-state index contributed by atoms with van der Waals surface area (Å²) in [4.78, 5) is 38.6. The number of likely N-dealkylation sites (tertiary alicyclic amines) is 1. The Labute approximate surface area is 149 Å². The first-order chi connectivity index (χ1) is 12.1. The first-order valence-electron chi connectivity index (χ1n) is 8.08. The third-order valence-electron chi connectivity index (χ3n) is 4.34. The fraction of sp³-hybridized carbons (Fsp3) is 0.278. The van der Waals surface area contributed by atoms with Crippen molar-refractivity contribution in [3.05, 3.63) is 52.2 Å². The van der Waals surface area contributed by atoms with E-state index in [1.54, 1.807) is 41.3 Å². The molecule has 1 aliphatic heterocycles. The van der Waals surface area contributed by atoms with E-state index < -0.39 is 0 Å². The monoisotopic (exact) mass is 357 g/mol. The number of nitrogens with one attached hydrogen (secondary N) is 1. The number of nitrogens with zero attached hydrogens (tertiary/aromatic N) is 1. The van der Waals surface area contributed by atoms with E-state index >= 15 is 0 Å². The normalized spacial score (nSPS) is 15.0. The van der Waals surface area contributed by atoms with Crippen LogP contribution in [0.2, 0.25) is 0 Å². The summed E-state index contributed by atoms with van der Waals surface area (Å²) in [6.07, 6.45) is 1.15. The maximum Gasteiger partial charge on any atom is 0.265 e. The maximum absolute atomic E-state index is 12.8. The highest BCUT2D eigenvalue weighted by Crippen LogP contribution is 2.23. The first-order valence-corrected chi connectivity index (χ1v) is 8.96. The van der Waals surface area contributed by atoms with Crippen molar-refractivity contribution in [1.82, 2.24) is 4.90 Å². The van der Waals surface area contributed by atoms with Crippen LogP contribution in [0, 0.1) is 5.92 Å². The summed E-state index contributed by atoms with van der Waals surface area (Å²) in [7, 11) is 0. The Bertz CT molecular complexity index is 781. The van der Waals surface area contributed by atoms with Gasteiger partial charge in [-0.25, -0.2) is 0 Å². The van der Waals surface area contributed by atoms with E-state index in [-0.39, 0.29) is 23.6 Å². The SMILES string of the molecule is NC(=O)C1CCN(C(=O)c2ccccc2NC(=O)c2cccs2)CC1. The van der Waals surface area contributed by atoms with Crippen LogP contribution in [0.25, 0.3) is 0 Å². The van der Waals surface area contributed by atoms with Gasteiger partial charge in [-0.15, -0.1) is 11.3 Å². The van der Waals surface area contributed by atoms with Gasteiger partial charge < -0.3 is 16.0 Å². The molecule has 7 heteroatoms. The maximum atomic E-state index is 12.8. The molecule has 0 radical (unpaired) electrons. The van der Waals surface area contributed by atoms with Crippen molar-refractivity contribution >= 4 is 34.7 Å². The minimum absolute atomic E-state index is 0.148. The molecule has 0 saturated carbocycles. The van der Waals surface area contributed by atoms with E-state index in [1.807, 2.05) is 5.38 Å². The number of carbonyl (C=O) groups excluding carboxylic acids is 3. The lowest BCUT2D eigenvalue weighted by Gasteiger charge is -2.31. The quantitative estimate of drug-likeness (QED) is 0.879. The van der Waals surface area contributed by atoms with Crippen LogP contribution in [-0.4, -0.2) is 35.7 Å². The topological polar surface area (TPSA) is 92.5 Å². The van der Waals surface area contributed by atoms with Crippen LogP contribution >= 0.6 is 11.3 Å². The summed E-state index contributed by atoms with van der Waals surface area (Å²) in [5.74, 6) is -0.860. The van der Waals surface area contributed by atoms with Gasteiger partial charge in [-0.2, -0.15) is 0 Å². The van der Waals surface area contributed by atoms with Gasteiger partial charge in [-0.1, -0.05) is 18.2 Å². The van der Waals surface area contributed by atoms with Gasteiger partial charge in [-0.3, -0.25) is 14.4 Å². The molecule has 3 N–H and O–H groups in total. The van der Waals surface area contributed by atoms with Crippen LogP contribution in [0.3, 0.4) is 0 Å². The number of para-hydroxylation sites is 1. The highest BCUT2D eigenvalue weighted by atomic mass is 32.1. The van der Waals surface area contributed by atoms with Gasteiger partial charge in [0.05, 0.1) is 16.1 Å². The zero-order chi connectivity index (χ0) is 17.8. The third kappa shape index (κ3) is 3.88. The van der Waals surface area contributed by atoms with Crippen LogP contribution < -0.4 is 11.1 Å². The summed E-state index contributed by atoms with van der Waals surface area (Å²) in [6.45, 7) is 0.972. The van der Waals surface area contributed by atoms with Gasteiger partial charge in [-0.05, 0) is 36.4 Å². The molecule has 0 spiro atoms. The minimum Gasteiger partial charge on any atom is -0.369 e. The molecule has 1 aliphatic rings. The van der Waals surface area contributed by atoms with Crippen molar-refractivity contribution in [3.8, 4) is 0 Å². The Balaban J connectivity index is 1.73. The fourth-order valence-electron chi connectivity index (χ4n) is 2.91. The smallest absolute Gasteiger partial charge is 0.265 e. The third-order valence-corrected chi connectivity index (χ3v) is 5.20. The number of amides is 3. The molecule has 1 aromatic heterocycles.